The molecule has 0 radical (unpaired) electrons. The van der Waals surface area contributed by atoms with E-state index in [1.807, 2.05) is 0 Å². The van der Waals surface area contributed by atoms with E-state index in [1.165, 1.54) is 62.5 Å². The minimum Gasteiger partial charge on any atom is -0.493 e. The summed E-state index contributed by atoms with van der Waals surface area (Å²) >= 11 is 0. The van der Waals surface area contributed by atoms with Gasteiger partial charge in [-0.3, -0.25) is 0 Å². The van der Waals surface area contributed by atoms with Gasteiger partial charge in [0.25, 0.3) is 0 Å². The highest BCUT2D eigenvalue weighted by molar-refractivity contribution is 5.64. The molecule has 0 amide bonds. The summed E-state index contributed by atoms with van der Waals surface area (Å²) < 4.78 is 18.0. The maximum atomic E-state index is 6.06. The van der Waals surface area contributed by atoms with E-state index in [0.29, 0.717) is 11.8 Å². The smallest absolute Gasteiger partial charge is 0.183 e. The Bertz CT molecular complexity index is 760. The molecule has 1 aliphatic heterocycles. The molecule has 33 heavy (non-hydrogen) atoms. The predicted molar refractivity (Wildman–Crippen MR) is 138 cm³/mol. The van der Waals surface area contributed by atoms with Gasteiger partial charge in [-0.25, -0.2) is 0 Å². The van der Waals surface area contributed by atoms with Crippen molar-refractivity contribution in [2.24, 2.45) is 11.8 Å². The summed E-state index contributed by atoms with van der Waals surface area (Å²) in [5, 5.41) is 0. The number of hydrogen-bond donors (Lipinski definition) is 0. The molecule has 0 aliphatic carbocycles. The van der Waals surface area contributed by atoms with Crippen molar-refractivity contribution < 1.29 is 14.2 Å². The van der Waals surface area contributed by atoms with Gasteiger partial charge in [0, 0.05) is 11.5 Å². The molecular formula is C30H44O3. The quantitative estimate of drug-likeness (QED) is 0.269. The van der Waals surface area contributed by atoms with Crippen LogP contribution in [0, 0.1) is 11.8 Å². The van der Waals surface area contributed by atoms with E-state index < -0.39 is 0 Å². The van der Waals surface area contributed by atoms with Crippen LogP contribution in [0.15, 0.2) is 48.5 Å². The first-order chi connectivity index (χ1) is 16.2. The van der Waals surface area contributed by atoms with E-state index in [4.69, 9.17) is 14.2 Å². The van der Waals surface area contributed by atoms with E-state index in [9.17, 15) is 0 Å². The molecule has 1 fully saturated rings. The molecule has 1 saturated heterocycles. The van der Waals surface area contributed by atoms with Gasteiger partial charge >= 0.3 is 0 Å². The number of benzene rings is 2. The first-order valence-electron chi connectivity index (χ1n) is 13.3. The van der Waals surface area contributed by atoms with Crippen molar-refractivity contribution in [2.75, 3.05) is 19.8 Å². The van der Waals surface area contributed by atoms with Crippen molar-refractivity contribution in [1.82, 2.24) is 0 Å². The zero-order valence-electron chi connectivity index (χ0n) is 21.1. The van der Waals surface area contributed by atoms with Crippen molar-refractivity contribution in [1.29, 1.82) is 0 Å². The fraction of sp³-hybridized carbons (Fsp3) is 0.600. The summed E-state index contributed by atoms with van der Waals surface area (Å²) in [6, 6.07) is 16.9. The zero-order valence-corrected chi connectivity index (χ0v) is 21.1. The highest BCUT2D eigenvalue weighted by Gasteiger charge is 2.23. The second-order valence-electron chi connectivity index (χ2n) is 9.75. The van der Waals surface area contributed by atoms with Crippen molar-refractivity contribution >= 4 is 0 Å². The molecule has 1 atom stereocenters. The maximum absolute atomic E-state index is 6.06. The summed E-state index contributed by atoms with van der Waals surface area (Å²) in [7, 11) is 0. The largest absolute Gasteiger partial charge is 0.493 e. The lowest BCUT2D eigenvalue weighted by Crippen LogP contribution is -2.27. The molecule has 1 aliphatic rings. The maximum Gasteiger partial charge on any atom is 0.183 e. The molecule has 2 aromatic carbocycles. The Morgan fingerprint density at radius 1 is 0.788 bits per heavy atom. The number of hydrogen-bond acceptors (Lipinski definition) is 3. The van der Waals surface area contributed by atoms with Crippen LogP contribution in [0.4, 0.5) is 0 Å². The highest BCUT2D eigenvalue weighted by Crippen LogP contribution is 2.30. The van der Waals surface area contributed by atoms with Gasteiger partial charge in [0.15, 0.2) is 6.29 Å². The molecule has 0 spiro atoms. The topological polar surface area (TPSA) is 27.7 Å². The van der Waals surface area contributed by atoms with Crippen LogP contribution < -0.4 is 4.74 Å². The summed E-state index contributed by atoms with van der Waals surface area (Å²) in [5.74, 6) is 2.06. The minimum atomic E-state index is -0.235. The molecule has 1 heterocycles. The summed E-state index contributed by atoms with van der Waals surface area (Å²) in [5.41, 5.74) is 3.49. The molecular weight excluding hydrogens is 408 g/mol. The number of rotatable bonds is 14. The van der Waals surface area contributed by atoms with Gasteiger partial charge in [0.1, 0.15) is 5.75 Å². The Balaban J connectivity index is 1.39. The first kappa shape index (κ1) is 25.8. The van der Waals surface area contributed by atoms with Gasteiger partial charge in [0.2, 0.25) is 0 Å². The third-order valence-electron chi connectivity index (χ3n) is 6.78. The molecule has 0 unspecified atom stereocenters. The Kier molecular flexibility index (Phi) is 11.3. The van der Waals surface area contributed by atoms with Gasteiger partial charge < -0.3 is 14.2 Å². The zero-order chi connectivity index (χ0) is 23.3. The molecule has 0 saturated carbocycles. The van der Waals surface area contributed by atoms with Crippen molar-refractivity contribution in [3.05, 3.63) is 54.1 Å². The average molecular weight is 453 g/mol. The van der Waals surface area contributed by atoms with Crippen molar-refractivity contribution in [3.63, 3.8) is 0 Å². The van der Waals surface area contributed by atoms with E-state index >= 15 is 0 Å². The number of unbranched alkanes of at least 4 members (excludes halogenated alkanes) is 6. The Hall–Kier alpha value is -1.84. The van der Waals surface area contributed by atoms with Crippen LogP contribution in [0.2, 0.25) is 0 Å². The van der Waals surface area contributed by atoms with E-state index in [2.05, 4.69) is 69.3 Å². The van der Waals surface area contributed by atoms with Gasteiger partial charge in [-0.2, -0.15) is 0 Å². The lowest BCUT2D eigenvalue weighted by Gasteiger charge is -2.29. The monoisotopic (exact) mass is 452 g/mol. The molecule has 182 valence electrons. The molecule has 0 bridgehead atoms. The molecule has 3 nitrogen and oxygen atoms in total. The van der Waals surface area contributed by atoms with Gasteiger partial charge in [-0.1, -0.05) is 109 Å². The fourth-order valence-corrected chi connectivity index (χ4v) is 4.23. The van der Waals surface area contributed by atoms with E-state index in [0.717, 1.165) is 37.6 Å². The number of ether oxygens (including phenoxy) is 3. The molecule has 2 aromatic rings. The van der Waals surface area contributed by atoms with Gasteiger partial charge in [0.05, 0.1) is 19.8 Å². The lowest BCUT2D eigenvalue weighted by atomic mass is 10.00. The summed E-state index contributed by atoms with van der Waals surface area (Å²) in [6.45, 7) is 9.06. The van der Waals surface area contributed by atoms with Crippen LogP contribution in [-0.4, -0.2) is 19.8 Å². The first-order valence-corrected chi connectivity index (χ1v) is 13.3. The third-order valence-corrected chi connectivity index (χ3v) is 6.78. The Morgan fingerprint density at radius 2 is 1.36 bits per heavy atom. The Morgan fingerprint density at radius 3 is 1.97 bits per heavy atom. The highest BCUT2D eigenvalue weighted by atomic mass is 16.7. The SMILES string of the molecule is CCCCCCCCC[C@H]1CO[C@H](c2ccc(-c3ccc(OC[C@@H](C)CC)cc3)cc2)OC1. The van der Waals surface area contributed by atoms with Gasteiger partial charge in [-0.15, -0.1) is 0 Å². The Labute approximate surface area is 201 Å². The predicted octanol–water partition coefficient (Wildman–Crippen LogP) is 8.58. The minimum absolute atomic E-state index is 0.235. The van der Waals surface area contributed by atoms with Crippen LogP contribution in [-0.2, 0) is 9.47 Å². The van der Waals surface area contributed by atoms with Crippen molar-refractivity contribution in [3.8, 4) is 16.9 Å². The molecule has 0 aromatic heterocycles. The normalized spacial score (nSPS) is 19.4. The molecule has 3 heteroatoms. The standard InChI is InChI=1S/C30H44O3/c1-4-6-7-8-9-10-11-12-25-22-32-30(33-23-25)28-15-13-26(14-16-28)27-17-19-29(20-18-27)31-21-24(3)5-2/h13-20,24-25,30H,4-12,21-23H2,1-3H3/t24-,25-,30-/m0/s1. The second-order valence-corrected chi connectivity index (χ2v) is 9.75. The van der Waals surface area contributed by atoms with E-state index in [1.54, 1.807) is 0 Å². The van der Waals surface area contributed by atoms with Crippen molar-refractivity contribution in [2.45, 2.75) is 84.8 Å². The lowest BCUT2D eigenvalue weighted by molar-refractivity contribution is -0.206. The summed E-state index contributed by atoms with van der Waals surface area (Å²) in [6.07, 6.45) is 11.6. The van der Waals surface area contributed by atoms with E-state index in [-0.39, 0.29) is 6.29 Å². The van der Waals surface area contributed by atoms with Crippen LogP contribution in [0.5, 0.6) is 5.75 Å². The van der Waals surface area contributed by atoms with Crippen LogP contribution >= 0.6 is 0 Å². The fourth-order valence-electron chi connectivity index (χ4n) is 4.23. The van der Waals surface area contributed by atoms with Crippen LogP contribution in [0.1, 0.15) is 90.4 Å². The molecule has 0 N–H and O–H groups in total. The third kappa shape index (κ3) is 8.79. The average Bonchev–Trinajstić information content (AvgIpc) is 2.87. The second kappa shape index (κ2) is 14.4. The van der Waals surface area contributed by atoms with Crippen LogP contribution in [0.25, 0.3) is 11.1 Å². The molecule has 3 rings (SSSR count). The summed E-state index contributed by atoms with van der Waals surface area (Å²) in [4.78, 5) is 0. The van der Waals surface area contributed by atoms with Crippen LogP contribution in [0.3, 0.4) is 0 Å². The van der Waals surface area contributed by atoms with Gasteiger partial charge in [-0.05, 0) is 35.6 Å².